The molecule has 0 aliphatic carbocycles. The van der Waals surface area contributed by atoms with E-state index in [4.69, 9.17) is 10.6 Å². The molecule has 7 heteroatoms. The van der Waals surface area contributed by atoms with E-state index in [1.807, 2.05) is 4.68 Å². The highest BCUT2D eigenvalue weighted by Gasteiger charge is 2.23. The molecule has 20 heavy (non-hydrogen) atoms. The standard InChI is InChI=1S/C13H18FN5O/c1-3-6-19-13(11(20-2)8-17-19)12(18-15)10-5-4-9(14)7-16-10/h4-5,7-8,12,18H,3,6,15H2,1-2H3. The van der Waals surface area contributed by atoms with Crippen LogP contribution in [0.25, 0.3) is 0 Å². The third-order valence-electron chi connectivity index (χ3n) is 2.99. The van der Waals surface area contributed by atoms with Crippen LogP contribution in [0.3, 0.4) is 0 Å². The van der Waals surface area contributed by atoms with Gasteiger partial charge in [0, 0.05) is 6.54 Å². The van der Waals surface area contributed by atoms with Crippen molar-refractivity contribution in [2.45, 2.75) is 25.9 Å². The first-order chi connectivity index (χ1) is 9.71. The second-order valence-electron chi connectivity index (χ2n) is 4.32. The normalized spacial score (nSPS) is 12.4. The van der Waals surface area contributed by atoms with Crippen molar-refractivity contribution in [1.82, 2.24) is 20.2 Å². The van der Waals surface area contributed by atoms with Gasteiger partial charge in [0.15, 0.2) is 5.75 Å². The summed E-state index contributed by atoms with van der Waals surface area (Å²) < 4.78 is 20.1. The van der Waals surface area contributed by atoms with Crippen molar-refractivity contribution in [1.29, 1.82) is 0 Å². The van der Waals surface area contributed by atoms with E-state index in [0.717, 1.165) is 24.9 Å². The van der Waals surface area contributed by atoms with E-state index in [1.165, 1.54) is 6.07 Å². The number of nitrogens with two attached hydrogens (primary N) is 1. The molecule has 0 saturated heterocycles. The van der Waals surface area contributed by atoms with Crippen molar-refractivity contribution < 1.29 is 9.13 Å². The van der Waals surface area contributed by atoms with Gasteiger partial charge < -0.3 is 4.74 Å². The predicted molar refractivity (Wildman–Crippen MR) is 72.4 cm³/mol. The van der Waals surface area contributed by atoms with Gasteiger partial charge in [-0.05, 0) is 18.6 Å². The quantitative estimate of drug-likeness (QED) is 0.617. The Balaban J connectivity index is 2.44. The monoisotopic (exact) mass is 279 g/mol. The molecule has 0 radical (unpaired) electrons. The number of hydrogen-bond donors (Lipinski definition) is 2. The van der Waals surface area contributed by atoms with Crippen LogP contribution < -0.4 is 16.0 Å². The van der Waals surface area contributed by atoms with Crippen molar-refractivity contribution in [3.8, 4) is 5.75 Å². The minimum Gasteiger partial charge on any atom is -0.493 e. The summed E-state index contributed by atoms with van der Waals surface area (Å²) in [4.78, 5) is 4.07. The molecule has 108 valence electrons. The lowest BCUT2D eigenvalue weighted by atomic mass is 10.1. The molecule has 2 rings (SSSR count). The van der Waals surface area contributed by atoms with Gasteiger partial charge in [-0.3, -0.25) is 15.5 Å². The number of nitrogens with one attached hydrogen (secondary N) is 1. The highest BCUT2D eigenvalue weighted by molar-refractivity contribution is 5.33. The van der Waals surface area contributed by atoms with E-state index in [9.17, 15) is 4.39 Å². The molecule has 0 spiro atoms. The molecule has 0 saturated carbocycles. The largest absolute Gasteiger partial charge is 0.493 e. The summed E-state index contributed by atoms with van der Waals surface area (Å²) in [6.45, 7) is 2.79. The Hall–Kier alpha value is -1.99. The Morgan fingerprint density at radius 1 is 1.45 bits per heavy atom. The number of aromatic nitrogens is 3. The molecule has 6 nitrogen and oxygen atoms in total. The van der Waals surface area contributed by atoms with Gasteiger partial charge in [0.05, 0.1) is 25.2 Å². The number of rotatable bonds is 6. The molecule has 2 aromatic heterocycles. The zero-order valence-corrected chi connectivity index (χ0v) is 11.5. The maximum Gasteiger partial charge on any atom is 0.162 e. The molecule has 0 aliphatic rings. The van der Waals surface area contributed by atoms with Crippen LogP contribution >= 0.6 is 0 Å². The second-order valence-corrected chi connectivity index (χ2v) is 4.32. The second kappa shape index (κ2) is 6.44. The van der Waals surface area contributed by atoms with Crippen LogP contribution in [0.1, 0.15) is 30.8 Å². The highest BCUT2D eigenvalue weighted by atomic mass is 19.1. The minimum absolute atomic E-state index is 0.390. The van der Waals surface area contributed by atoms with Gasteiger partial charge >= 0.3 is 0 Å². The lowest BCUT2D eigenvalue weighted by Gasteiger charge is -2.18. The van der Waals surface area contributed by atoms with Crippen molar-refractivity contribution in [3.63, 3.8) is 0 Å². The van der Waals surface area contributed by atoms with E-state index >= 15 is 0 Å². The zero-order valence-electron chi connectivity index (χ0n) is 11.5. The zero-order chi connectivity index (χ0) is 14.5. The summed E-state index contributed by atoms with van der Waals surface area (Å²) >= 11 is 0. The summed E-state index contributed by atoms with van der Waals surface area (Å²) in [6, 6.07) is 2.52. The van der Waals surface area contributed by atoms with Crippen molar-refractivity contribution in [2.75, 3.05) is 7.11 Å². The average Bonchev–Trinajstić information content (AvgIpc) is 2.85. The number of ether oxygens (including phenoxy) is 1. The minimum atomic E-state index is -0.417. The highest BCUT2D eigenvalue weighted by Crippen LogP contribution is 2.28. The molecule has 0 aromatic carbocycles. The topological polar surface area (TPSA) is 78.0 Å². The summed E-state index contributed by atoms with van der Waals surface area (Å²) in [5, 5.41) is 4.28. The fourth-order valence-electron chi connectivity index (χ4n) is 2.08. The average molecular weight is 279 g/mol. The van der Waals surface area contributed by atoms with Crippen LogP contribution in [-0.4, -0.2) is 21.9 Å². The number of hydrazine groups is 1. The first kappa shape index (κ1) is 14.4. The lowest BCUT2D eigenvalue weighted by molar-refractivity contribution is 0.397. The predicted octanol–water partition coefficient (Wildman–Crippen LogP) is 1.39. The Kier molecular flexibility index (Phi) is 4.65. The Morgan fingerprint density at radius 2 is 2.25 bits per heavy atom. The molecule has 0 bridgehead atoms. The van der Waals surface area contributed by atoms with Gasteiger partial charge in [-0.1, -0.05) is 6.92 Å². The van der Waals surface area contributed by atoms with E-state index in [0.29, 0.717) is 11.4 Å². The number of aryl methyl sites for hydroxylation is 1. The van der Waals surface area contributed by atoms with Crippen molar-refractivity contribution >= 4 is 0 Å². The number of hydrogen-bond acceptors (Lipinski definition) is 5. The SMILES string of the molecule is CCCn1ncc(OC)c1C(NN)c1ccc(F)cn1. The fraction of sp³-hybridized carbons (Fsp3) is 0.385. The first-order valence-corrected chi connectivity index (χ1v) is 6.38. The van der Waals surface area contributed by atoms with Gasteiger partial charge in [0.2, 0.25) is 0 Å². The lowest BCUT2D eigenvalue weighted by Crippen LogP contribution is -2.31. The molecule has 3 N–H and O–H groups in total. The Bertz CT molecular complexity index is 554. The van der Waals surface area contributed by atoms with Crippen LogP contribution in [0.2, 0.25) is 0 Å². The van der Waals surface area contributed by atoms with E-state index in [-0.39, 0.29) is 0 Å². The Morgan fingerprint density at radius 3 is 2.80 bits per heavy atom. The summed E-state index contributed by atoms with van der Waals surface area (Å²) in [6.07, 6.45) is 3.72. The number of methoxy groups -OCH3 is 1. The summed E-state index contributed by atoms with van der Waals surface area (Å²) in [5.74, 6) is 5.87. The molecule has 1 unspecified atom stereocenters. The third kappa shape index (κ3) is 2.78. The molecule has 2 heterocycles. The Labute approximate surface area is 116 Å². The van der Waals surface area contributed by atoms with Gasteiger partial charge in [-0.15, -0.1) is 0 Å². The van der Waals surface area contributed by atoms with Gasteiger partial charge in [-0.2, -0.15) is 5.10 Å². The van der Waals surface area contributed by atoms with Crippen LogP contribution in [0, 0.1) is 5.82 Å². The van der Waals surface area contributed by atoms with Gasteiger partial charge in [0.1, 0.15) is 17.6 Å². The maximum atomic E-state index is 13.0. The smallest absolute Gasteiger partial charge is 0.162 e. The van der Waals surface area contributed by atoms with Crippen molar-refractivity contribution in [3.05, 3.63) is 41.7 Å². The third-order valence-corrected chi connectivity index (χ3v) is 2.99. The maximum absolute atomic E-state index is 13.0. The molecular weight excluding hydrogens is 261 g/mol. The number of nitrogens with zero attached hydrogens (tertiary/aromatic N) is 3. The summed E-state index contributed by atoms with van der Waals surface area (Å²) in [5.41, 5.74) is 4.06. The van der Waals surface area contributed by atoms with E-state index < -0.39 is 11.9 Å². The van der Waals surface area contributed by atoms with Crippen LogP contribution in [0.15, 0.2) is 24.5 Å². The first-order valence-electron chi connectivity index (χ1n) is 6.38. The van der Waals surface area contributed by atoms with Gasteiger partial charge in [0.25, 0.3) is 0 Å². The number of pyridine rings is 1. The van der Waals surface area contributed by atoms with Crippen LogP contribution in [-0.2, 0) is 6.54 Å². The molecule has 0 aliphatic heterocycles. The molecule has 0 fully saturated rings. The fourth-order valence-corrected chi connectivity index (χ4v) is 2.08. The van der Waals surface area contributed by atoms with E-state index in [1.54, 1.807) is 19.4 Å². The number of halogens is 1. The molecule has 1 atom stereocenters. The van der Waals surface area contributed by atoms with Crippen LogP contribution in [0.5, 0.6) is 5.75 Å². The van der Waals surface area contributed by atoms with Gasteiger partial charge in [-0.25, -0.2) is 9.82 Å². The summed E-state index contributed by atoms with van der Waals surface area (Å²) in [7, 11) is 1.57. The van der Waals surface area contributed by atoms with Crippen LogP contribution in [0.4, 0.5) is 4.39 Å². The molecule has 2 aromatic rings. The molecular formula is C13H18FN5O. The van der Waals surface area contributed by atoms with Crippen molar-refractivity contribution in [2.24, 2.45) is 5.84 Å². The molecule has 0 amide bonds. The van der Waals surface area contributed by atoms with E-state index in [2.05, 4.69) is 22.4 Å².